The van der Waals surface area contributed by atoms with Crippen LogP contribution in [-0.2, 0) is 11.3 Å². The zero-order chi connectivity index (χ0) is 23.0. The third kappa shape index (κ3) is 5.91. The van der Waals surface area contributed by atoms with Crippen molar-refractivity contribution in [2.45, 2.75) is 25.5 Å². The minimum atomic E-state index is -0.283. The first-order chi connectivity index (χ1) is 16.1. The summed E-state index contributed by atoms with van der Waals surface area (Å²) >= 11 is 1.44. The van der Waals surface area contributed by atoms with Crippen LogP contribution >= 0.6 is 11.3 Å². The van der Waals surface area contributed by atoms with Gasteiger partial charge in [-0.05, 0) is 54.1 Å². The molecule has 7 nitrogen and oxygen atoms in total. The van der Waals surface area contributed by atoms with E-state index in [4.69, 9.17) is 14.2 Å². The summed E-state index contributed by atoms with van der Waals surface area (Å²) in [6, 6.07) is 14.2. The number of methoxy groups -OCH3 is 1. The van der Waals surface area contributed by atoms with Crippen LogP contribution in [0.15, 0.2) is 59.3 Å². The first-order valence-electron chi connectivity index (χ1n) is 10.8. The lowest BCUT2D eigenvalue weighted by molar-refractivity contribution is 0.0669. The molecule has 0 bridgehead atoms. The van der Waals surface area contributed by atoms with Crippen molar-refractivity contribution in [2.24, 2.45) is 0 Å². The van der Waals surface area contributed by atoms with Gasteiger partial charge in [-0.25, -0.2) is 0 Å². The molecule has 1 fully saturated rings. The number of carbonyl (C=O) groups excluding carboxylic acids is 2. The number of benzene rings is 2. The third-order valence-electron chi connectivity index (χ3n) is 5.33. The van der Waals surface area contributed by atoms with E-state index in [0.29, 0.717) is 41.5 Å². The Morgan fingerprint density at radius 1 is 1.12 bits per heavy atom. The van der Waals surface area contributed by atoms with Gasteiger partial charge in [0.1, 0.15) is 6.61 Å². The average Bonchev–Trinajstić information content (AvgIpc) is 3.56. The Balaban J connectivity index is 1.38. The quantitative estimate of drug-likeness (QED) is 0.485. The van der Waals surface area contributed by atoms with Gasteiger partial charge in [0.2, 0.25) is 0 Å². The van der Waals surface area contributed by atoms with Crippen molar-refractivity contribution in [3.05, 3.63) is 76.0 Å². The summed E-state index contributed by atoms with van der Waals surface area (Å²) in [5, 5.41) is 9.32. The highest BCUT2D eigenvalue weighted by atomic mass is 32.1. The fourth-order valence-corrected chi connectivity index (χ4v) is 4.19. The van der Waals surface area contributed by atoms with Crippen LogP contribution < -0.4 is 20.1 Å². The monoisotopic (exact) mass is 466 g/mol. The van der Waals surface area contributed by atoms with Crippen molar-refractivity contribution in [1.29, 1.82) is 0 Å². The van der Waals surface area contributed by atoms with Crippen molar-refractivity contribution in [1.82, 2.24) is 5.32 Å². The van der Waals surface area contributed by atoms with E-state index in [1.54, 1.807) is 42.8 Å². The second-order valence-electron chi connectivity index (χ2n) is 7.63. The van der Waals surface area contributed by atoms with Gasteiger partial charge < -0.3 is 24.8 Å². The van der Waals surface area contributed by atoms with Gasteiger partial charge in [0, 0.05) is 18.5 Å². The largest absolute Gasteiger partial charge is 0.493 e. The SMILES string of the molecule is COc1cc(CNC(=O)c2ccccc2NC(=O)c2ccsc2)ccc1OCC1CCCO1. The second-order valence-corrected chi connectivity index (χ2v) is 8.41. The number of amides is 2. The first kappa shape index (κ1) is 22.8. The molecule has 1 atom stereocenters. The molecule has 1 unspecified atom stereocenters. The Hall–Kier alpha value is -3.36. The summed E-state index contributed by atoms with van der Waals surface area (Å²) < 4.78 is 16.9. The Bertz CT molecular complexity index is 1090. The van der Waals surface area contributed by atoms with Gasteiger partial charge in [-0.1, -0.05) is 18.2 Å². The molecule has 1 aliphatic rings. The van der Waals surface area contributed by atoms with Gasteiger partial charge in [-0.3, -0.25) is 9.59 Å². The zero-order valence-electron chi connectivity index (χ0n) is 18.3. The van der Waals surface area contributed by atoms with Crippen LogP contribution in [0, 0.1) is 0 Å². The molecule has 2 amide bonds. The molecule has 0 spiro atoms. The van der Waals surface area contributed by atoms with E-state index in [1.165, 1.54) is 11.3 Å². The minimum Gasteiger partial charge on any atom is -0.493 e. The lowest BCUT2D eigenvalue weighted by atomic mass is 10.1. The van der Waals surface area contributed by atoms with Gasteiger partial charge in [0.15, 0.2) is 11.5 Å². The fraction of sp³-hybridized carbons (Fsp3) is 0.280. The lowest BCUT2D eigenvalue weighted by Gasteiger charge is -2.15. The number of hydrogen-bond donors (Lipinski definition) is 2. The van der Waals surface area contributed by atoms with Crippen LogP contribution in [0.2, 0.25) is 0 Å². The minimum absolute atomic E-state index is 0.119. The van der Waals surface area contributed by atoms with E-state index < -0.39 is 0 Å². The van der Waals surface area contributed by atoms with Gasteiger partial charge in [-0.15, -0.1) is 0 Å². The summed E-state index contributed by atoms with van der Waals surface area (Å²) in [6.45, 7) is 1.57. The number of anilines is 1. The van der Waals surface area contributed by atoms with E-state index in [0.717, 1.165) is 25.0 Å². The highest BCUT2D eigenvalue weighted by molar-refractivity contribution is 7.08. The van der Waals surface area contributed by atoms with Crippen LogP contribution in [0.25, 0.3) is 0 Å². The summed E-state index contributed by atoms with van der Waals surface area (Å²) in [7, 11) is 1.59. The highest BCUT2D eigenvalue weighted by Gasteiger charge is 2.18. The van der Waals surface area contributed by atoms with Crippen LogP contribution in [0.1, 0.15) is 39.1 Å². The normalized spacial score (nSPS) is 15.1. The van der Waals surface area contributed by atoms with Crippen molar-refractivity contribution >= 4 is 28.8 Å². The maximum Gasteiger partial charge on any atom is 0.256 e. The van der Waals surface area contributed by atoms with Gasteiger partial charge >= 0.3 is 0 Å². The molecule has 3 aromatic rings. The first-order valence-corrected chi connectivity index (χ1v) is 11.7. The summed E-state index contributed by atoms with van der Waals surface area (Å²) in [5.41, 5.74) is 2.28. The molecule has 0 radical (unpaired) electrons. The summed E-state index contributed by atoms with van der Waals surface area (Å²) in [4.78, 5) is 25.2. The van der Waals surface area contributed by atoms with Crippen LogP contribution in [-0.4, -0.2) is 38.2 Å². The lowest BCUT2D eigenvalue weighted by Crippen LogP contribution is -2.25. The van der Waals surface area contributed by atoms with Crippen molar-refractivity contribution in [2.75, 3.05) is 25.6 Å². The molecule has 1 aliphatic heterocycles. The average molecular weight is 467 g/mol. The topological polar surface area (TPSA) is 85.9 Å². The molecular weight excluding hydrogens is 440 g/mol. The molecule has 1 aromatic heterocycles. The summed E-state index contributed by atoms with van der Waals surface area (Å²) in [6.07, 6.45) is 2.18. The number of nitrogens with one attached hydrogen (secondary N) is 2. The molecule has 2 heterocycles. The maximum atomic E-state index is 12.8. The molecule has 0 saturated carbocycles. The van der Waals surface area contributed by atoms with E-state index >= 15 is 0 Å². The number of rotatable bonds is 9. The predicted molar refractivity (Wildman–Crippen MR) is 127 cm³/mol. The molecule has 33 heavy (non-hydrogen) atoms. The Kier molecular flexibility index (Phi) is 7.59. The maximum absolute atomic E-state index is 12.8. The standard InChI is InChI=1S/C25H26N2O5S/c1-30-23-13-17(8-9-22(23)32-15-19-5-4-11-31-19)14-26-25(29)20-6-2-3-7-21(20)27-24(28)18-10-12-33-16-18/h2-3,6-10,12-13,16,19H,4-5,11,14-15H2,1H3,(H,26,29)(H,27,28). The molecular formula is C25H26N2O5S. The third-order valence-corrected chi connectivity index (χ3v) is 6.02. The van der Waals surface area contributed by atoms with Gasteiger partial charge in [0.05, 0.1) is 30.0 Å². The van der Waals surface area contributed by atoms with Gasteiger partial charge in [-0.2, -0.15) is 11.3 Å². The van der Waals surface area contributed by atoms with E-state index in [9.17, 15) is 9.59 Å². The Morgan fingerprint density at radius 3 is 2.76 bits per heavy atom. The molecule has 0 aliphatic carbocycles. The molecule has 4 rings (SSSR count). The highest BCUT2D eigenvalue weighted by Crippen LogP contribution is 2.29. The Morgan fingerprint density at radius 2 is 2.00 bits per heavy atom. The van der Waals surface area contributed by atoms with Crippen molar-refractivity contribution in [3.8, 4) is 11.5 Å². The second kappa shape index (κ2) is 11.0. The number of ether oxygens (including phenoxy) is 3. The smallest absolute Gasteiger partial charge is 0.256 e. The number of carbonyl (C=O) groups is 2. The fourth-order valence-electron chi connectivity index (χ4n) is 3.56. The number of hydrogen-bond acceptors (Lipinski definition) is 6. The van der Waals surface area contributed by atoms with E-state index in [1.807, 2.05) is 23.6 Å². The Labute approximate surface area is 196 Å². The van der Waals surface area contributed by atoms with Crippen LogP contribution in [0.3, 0.4) is 0 Å². The zero-order valence-corrected chi connectivity index (χ0v) is 19.2. The molecule has 172 valence electrons. The van der Waals surface area contributed by atoms with Crippen LogP contribution in [0.5, 0.6) is 11.5 Å². The van der Waals surface area contributed by atoms with Gasteiger partial charge in [0.25, 0.3) is 11.8 Å². The van der Waals surface area contributed by atoms with Crippen molar-refractivity contribution < 1.29 is 23.8 Å². The van der Waals surface area contributed by atoms with Crippen LogP contribution in [0.4, 0.5) is 5.69 Å². The van der Waals surface area contributed by atoms with E-state index in [-0.39, 0.29) is 17.9 Å². The molecule has 2 aromatic carbocycles. The summed E-state index contributed by atoms with van der Waals surface area (Å²) in [5.74, 6) is 0.710. The molecule has 2 N–H and O–H groups in total. The predicted octanol–water partition coefficient (Wildman–Crippen LogP) is 4.50. The molecule has 1 saturated heterocycles. The molecule has 8 heteroatoms. The number of para-hydroxylation sites is 1. The number of thiophene rings is 1. The van der Waals surface area contributed by atoms with Crippen molar-refractivity contribution in [3.63, 3.8) is 0 Å². The van der Waals surface area contributed by atoms with E-state index in [2.05, 4.69) is 10.6 Å².